The predicted molar refractivity (Wildman–Crippen MR) is 57.3 cm³/mol. The quantitative estimate of drug-likeness (QED) is 0.574. The Bertz CT molecular complexity index is 459. The summed E-state index contributed by atoms with van der Waals surface area (Å²) in [5.41, 5.74) is 0.880. The summed E-state index contributed by atoms with van der Waals surface area (Å²) in [4.78, 5) is 8.28. The molecule has 0 radical (unpaired) electrons. The van der Waals surface area contributed by atoms with Crippen LogP contribution in [-0.4, -0.2) is 9.97 Å². The fraction of sp³-hybridized carbons (Fsp3) is 0.0909. The van der Waals surface area contributed by atoms with Gasteiger partial charge in [0, 0.05) is 16.7 Å². The van der Waals surface area contributed by atoms with E-state index in [2.05, 4.69) is 9.97 Å². The van der Waals surface area contributed by atoms with Gasteiger partial charge in [0.25, 0.3) is 0 Å². The van der Waals surface area contributed by atoms with Crippen molar-refractivity contribution in [2.24, 2.45) is 0 Å². The maximum atomic E-state index is 12.8. The van der Waals surface area contributed by atoms with Crippen molar-refractivity contribution < 1.29 is 4.39 Å². The van der Waals surface area contributed by atoms with Crippen molar-refractivity contribution in [1.82, 2.24) is 9.97 Å². The fourth-order valence-corrected chi connectivity index (χ4v) is 1.96. The summed E-state index contributed by atoms with van der Waals surface area (Å²) < 4.78 is 12.8. The normalized spacial score (nSPS) is 10.3. The van der Waals surface area contributed by atoms with E-state index in [9.17, 15) is 4.39 Å². The zero-order chi connectivity index (χ0) is 10.7. The molecule has 1 aromatic heterocycles. The number of benzene rings is 1. The van der Waals surface area contributed by atoms with Gasteiger partial charge in [-0.05, 0) is 19.1 Å². The smallest absolute Gasteiger partial charge is 0.210 e. The lowest BCUT2D eigenvalue weighted by atomic mass is 10.4. The molecule has 0 N–H and O–H groups in total. The van der Waals surface area contributed by atoms with E-state index >= 15 is 0 Å². The number of aromatic nitrogens is 2. The van der Waals surface area contributed by atoms with Crippen LogP contribution in [0.1, 0.15) is 5.56 Å². The van der Waals surface area contributed by atoms with E-state index < -0.39 is 6.08 Å². The van der Waals surface area contributed by atoms with E-state index in [4.69, 9.17) is 0 Å². The Morgan fingerprint density at radius 3 is 2.67 bits per heavy atom. The SMILES string of the molecule is Cc1cnc(F)nc1Sc1ccccc1. The van der Waals surface area contributed by atoms with Crippen LogP contribution in [0.15, 0.2) is 46.5 Å². The number of rotatable bonds is 2. The van der Waals surface area contributed by atoms with E-state index in [1.54, 1.807) is 0 Å². The van der Waals surface area contributed by atoms with Crippen molar-refractivity contribution in [3.05, 3.63) is 48.2 Å². The molecule has 0 saturated heterocycles. The molecule has 0 aliphatic carbocycles. The molecule has 0 amide bonds. The molecule has 0 unspecified atom stereocenters. The minimum absolute atomic E-state index is 0.661. The summed E-state index contributed by atoms with van der Waals surface area (Å²) >= 11 is 1.44. The fourth-order valence-electron chi connectivity index (χ4n) is 1.11. The molecule has 0 bridgehead atoms. The third kappa shape index (κ3) is 2.53. The van der Waals surface area contributed by atoms with Crippen molar-refractivity contribution in [2.75, 3.05) is 0 Å². The lowest BCUT2D eigenvalue weighted by Gasteiger charge is -2.03. The lowest BCUT2D eigenvalue weighted by molar-refractivity contribution is 0.525. The number of hydrogen-bond donors (Lipinski definition) is 0. The monoisotopic (exact) mass is 220 g/mol. The summed E-state index contributed by atoms with van der Waals surface area (Å²) in [5, 5.41) is 0.661. The molecule has 0 fully saturated rings. The van der Waals surface area contributed by atoms with Crippen molar-refractivity contribution in [3.8, 4) is 0 Å². The van der Waals surface area contributed by atoms with Crippen LogP contribution in [-0.2, 0) is 0 Å². The highest BCUT2D eigenvalue weighted by molar-refractivity contribution is 7.99. The van der Waals surface area contributed by atoms with E-state index in [-0.39, 0.29) is 0 Å². The lowest BCUT2D eigenvalue weighted by Crippen LogP contribution is -1.93. The van der Waals surface area contributed by atoms with Gasteiger partial charge in [0.2, 0.25) is 0 Å². The first-order valence-corrected chi connectivity index (χ1v) is 5.29. The molecular weight excluding hydrogens is 211 g/mol. The molecule has 0 atom stereocenters. The van der Waals surface area contributed by atoms with E-state index in [1.807, 2.05) is 37.3 Å². The highest BCUT2D eigenvalue weighted by Gasteiger charge is 2.04. The molecule has 0 aliphatic rings. The van der Waals surface area contributed by atoms with Crippen molar-refractivity contribution >= 4 is 11.8 Å². The molecule has 1 heterocycles. The van der Waals surface area contributed by atoms with Crippen molar-refractivity contribution in [3.63, 3.8) is 0 Å². The standard InChI is InChI=1S/C11H9FN2S/c1-8-7-13-11(12)14-10(8)15-9-5-3-2-4-6-9/h2-7H,1H3. The minimum Gasteiger partial charge on any atom is -0.210 e. The molecule has 76 valence electrons. The van der Waals surface area contributed by atoms with Gasteiger partial charge < -0.3 is 0 Å². The second-order valence-corrected chi connectivity index (χ2v) is 4.10. The third-order valence-electron chi connectivity index (χ3n) is 1.85. The summed E-state index contributed by atoms with van der Waals surface area (Å²) in [7, 11) is 0. The number of halogens is 1. The van der Waals surface area contributed by atoms with Crippen LogP contribution in [0, 0.1) is 13.0 Å². The number of hydrogen-bond acceptors (Lipinski definition) is 3. The zero-order valence-electron chi connectivity index (χ0n) is 8.14. The van der Waals surface area contributed by atoms with E-state index in [0.717, 1.165) is 10.5 Å². The van der Waals surface area contributed by atoms with Crippen LogP contribution < -0.4 is 0 Å². The number of aryl methyl sites for hydroxylation is 1. The number of nitrogens with zero attached hydrogens (tertiary/aromatic N) is 2. The van der Waals surface area contributed by atoms with Crippen molar-refractivity contribution in [1.29, 1.82) is 0 Å². The molecule has 0 aliphatic heterocycles. The molecule has 0 saturated carbocycles. The minimum atomic E-state index is -0.681. The predicted octanol–water partition coefficient (Wildman–Crippen LogP) is 3.08. The van der Waals surface area contributed by atoms with Crippen LogP contribution in [0.25, 0.3) is 0 Å². The average Bonchev–Trinajstić information content (AvgIpc) is 2.25. The first-order chi connectivity index (χ1) is 7.25. The topological polar surface area (TPSA) is 25.8 Å². The summed E-state index contributed by atoms with van der Waals surface area (Å²) in [6, 6.07) is 9.75. The molecule has 2 rings (SSSR count). The maximum absolute atomic E-state index is 12.8. The Morgan fingerprint density at radius 2 is 1.93 bits per heavy atom. The summed E-state index contributed by atoms with van der Waals surface area (Å²) in [5.74, 6) is 0. The largest absolute Gasteiger partial charge is 0.309 e. The van der Waals surface area contributed by atoms with Gasteiger partial charge >= 0.3 is 6.08 Å². The summed E-state index contributed by atoms with van der Waals surface area (Å²) in [6.45, 7) is 1.87. The Kier molecular flexibility index (Phi) is 2.97. The summed E-state index contributed by atoms with van der Waals surface area (Å²) in [6.07, 6.45) is 0.812. The van der Waals surface area contributed by atoms with Gasteiger partial charge in [0.1, 0.15) is 5.03 Å². The van der Waals surface area contributed by atoms with Crippen LogP contribution in [0.3, 0.4) is 0 Å². The Hall–Kier alpha value is -1.42. The molecule has 4 heteroatoms. The van der Waals surface area contributed by atoms with Gasteiger partial charge in [-0.25, -0.2) is 4.98 Å². The highest BCUT2D eigenvalue weighted by Crippen LogP contribution is 2.27. The van der Waals surface area contributed by atoms with Crippen LogP contribution in [0.2, 0.25) is 0 Å². The van der Waals surface area contributed by atoms with Gasteiger partial charge in [-0.3, -0.25) is 0 Å². The van der Waals surface area contributed by atoms with Gasteiger partial charge in [-0.2, -0.15) is 9.37 Å². The molecule has 0 spiro atoms. The van der Waals surface area contributed by atoms with Gasteiger partial charge in [-0.1, -0.05) is 30.0 Å². The molecule has 2 aromatic rings. The van der Waals surface area contributed by atoms with Crippen LogP contribution in [0.4, 0.5) is 4.39 Å². The van der Waals surface area contributed by atoms with E-state index in [1.165, 1.54) is 18.0 Å². The van der Waals surface area contributed by atoms with Crippen LogP contribution >= 0.6 is 11.8 Å². The zero-order valence-corrected chi connectivity index (χ0v) is 8.96. The van der Waals surface area contributed by atoms with E-state index in [0.29, 0.717) is 5.03 Å². The first kappa shape index (κ1) is 10.1. The second-order valence-electron chi connectivity index (χ2n) is 3.04. The Morgan fingerprint density at radius 1 is 1.20 bits per heavy atom. The first-order valence-electron chi connectivity index (χ1n) is 4.48. The highest BCUT2D eigenvalue weighted by atomic mass is 32.2. The van der Waals surface area contributed by atoms with Gasteiger partial charge in [-0.15, -0.1) is 0 Å². The molecule has 1 aromatic carbocycles. The Labute approximate surface area is 91.6 Å². The average molecular weight is 220 g/mol. The van der Waals surface area contributed by atoms with Crippen LogP contribution in [0.5, 0.6) is 0 Å². The van der Waals surface area contributed by atoms with Gasteiger partial charge in [0.05, 0.1) is 0 Å². The van der Waals surface area contributed by atoms with Gasteiger partial charge in [0.15, 0.2) is 0 Å². The maximum Gasteiger partial charge on any atom is 0.309 e. The third-order valence-corrected chi connectivity index (χ3v) is 2.97. The second kappa shape index (κ2) is 4.40. The molecule has 15 heavy (non-hydrogen) atoms. The van der Waals surface area contributed by atoms with Crippen molar-refractivity contribution in [2.45, 2.75) is 16.8 Å². The molecule has 2 nitrogen and oxygen atoms in total. The Balaban J connectivity index is 2.28. The molecular formula is C11H9FN2S.